The number of hydrogen-bond donors (Lipinski definition) is 0. The number of thiazole rings is 1. The summed E-state index contributed by atoms with van der Waals surface area (Å²) in [7, 11) is 1.70. The van der Waals surface area contributed by atoms with Crippen LogP contribution in [0.15, 0.2) is 11.7 Å². The molecule has 2 aliphatic heterocycles. The Morgan fingerprint density at radius 3 is 3.16 bits per heavy atom. The second-order valence-electron chi connectivity index (χ2n) is 5.11. The van der Waals surface area contributed by atoms with Gasteiger partial charge in [0.05, 0.1) is 23.9 Å². The van der Waals surface area contributed by atoms with Gasteiger partial charge >= 0.3 is 0 Å². The summed E-state index contributed by atoms with van der Waals surface area (Å²) < 4.78 is 11.5. The molecule has 0 radical (unpaired) electrons. The van der Waals surface area contributed by atoms with Gasteiger partial charge in [-0.1, -0.05) is 0 Å². The largest absolute Gasteiger partial charge is 0.377 e. The molecule has 1 aromatic heterocycles. The van der Waals surface area contributed by atoms with E-state index in [2.05, 4.69) is 4.98 Å². The van der Waals surface area contributed by atoms with Gasteiger partial charge in [-0.15, -0.1) is 11.3 Å². The molecule has 1 amide bonds. The first-order chi connectivity index (χ1) is 9.25. The minimum atomic E-state index is -0.167. The highest BCUT2D eigenvalue weighted by Gasteiger charge is 2.47. The average molecular weight is 282 g/mol. The van der Waals surface area contributed by atoms with Crippen LogP contribution in [-0.2, 0) is 9.47 Å². The molecule has 0 aliphatic carbocycles. The molecule has 1 aromatic rings. The number of methoxy groups -OCH3 is 1. The van der Waals surface area contributed by atoms with E-state index < -0.39 is 0 Å². The van der Waals surface area contributed by atoms with Crippen molar-refractivity contribution in [1.82, 2.24) is 9.88 Å². The number of nitrogens with zero attached hydrogens (tertiary/aromatic N) is 2. The molecular formula is C13H18N2O3S. The van der Waals surface area contributed by atoms with Crippen molar-refractivity contribution in [2.45, 2.75) is 31.0 Å². The molecular weight excluding hydrogens is 264 g/mol. The first kappa shape index (κ1) is 13.0. The molecule has 3 rings (SSSR count). The topological polar surface area (TPSA) is 51.7 Å². The number of carbonyl (C=O) groups is 1. The van der Waals surface area contributed by atoms with Gasteiger partial charge in [0.1, 0.15) is 11.0 Å². The van der Waals surface area contributed by atoms with E-state index >= 15 is 0 Å². The number of likely N-dealkylation sites (tertiary alicyclic amines) is 1. The molecule has 0 N–H and O–H groups in total. The van der Waals surface area contributed by atoms with Gasteiger partial charge in [0.15, 0.2) is 0 Å². The lowest BCUT2D eigenvalue weighted by molar-refractivity contribution is -0.136. The highest BCUT2D eigenvalue weighted by Crippen LogP contribution is 2.37. The Balaban J connectivity index is 1.73. The van der Waals surface area contributed by atoms with Crippen molar-refractivity contribution in [2.75, 3.05) is 26.8 Å². The van der Waals surface area contributed by atoms with Gasteiger partial charge in [-0.05, 0) is 19.3 Å². The molecule has 19 heavy (non-hydrogen) atoms. The number of aromatic nitrogens is 1. The summed E-state index contributed by atoms with van der Waals surface area (Å²) in [5, 5.41) is 0. The van der Waals surface area contributed by atoms with E-state index in [1.807, 2.05) is 4.90 Å². The molecule has 2 aliphatic rings. The SMILES string of the molecule is CO[C@H]1CN(C(=O)c2cncs2)CC[C@@]12CCCO2. The maximum Gasteiger partial charge on any atom is 0.265 e. The Hall–Kier alpha value is -0.980. The summed E-state index contributed by atoms with van der Waals surface area (Å²) in [4.78, 5) is 18.8. The summed E-state index contributed by atoms with van der Waals surface area (Å²) in [6.07, 6.45) is 4.58. The lowest BCUT2D eigenvalue weighted by Gasteiger charge is -2.44. The monoisotopic (exact) mass is 282 g/mol. The van der Waals surface area contributed by atoms with E-state index in [0.717, 1.165) is 32.4 Å². The normalized spacial score (nSPS) is 31.0. The molecule has 6 heteroatoms. The standard InChI is InChI=1S/C13H18N2O3S/c1-17-11-8-15(12(16)10-7-14-9-19-10)5-4-13(11)3-2-6-18-13/h7,9,11H,2-6,8H2,1H3/t11-,13-/m0/s1. The van der Waals surface area contributed by atoms with E-state index in [9.17, 15) is 4.79 Å². The van der Waals surface area contributed by atoms with Crippen LogP contribution in [0.25, 0.3) is 0 Å². The third-order valence-electron chi connectivity index (χ3n) is 4.13. The first-order valence-electron chi connectivity index (χ1n) is 6.60. The number of piperidine rings is 1. The quantitative estimate of drug-likeness (QED) is 0.826. The van der Waals surface area contributed by atoms with Crippen LogP contribution in [0.5, 0.6) is 0 Å². The minimum absolute atomic E-state index is 0.0272. The summed E-state index contributed by atoms with van der Waals surface area (Å²) in [6.45, 7) is 2.15. The van der Waals surface area contributed by atoms with Crippen LogP contribution in [0.4, 0.5) is 0 Å². The van der Waals surface area contributed by atoms with E-state index in [0.29, 0.717) is 11.4 Å². The van der Waals surface area contributed by atoms with Gasteiger partial charge in [-0.2, -0.15) is 0 Å². The predicted molar refractivity (Wildman–Crippen MR) is 71.3 cm³/mol. The first-order valence-corrected chi connectivity index (χ1v) is 7.48. The molecule has 0 unspecified atom stereocenters. The number of amides is 1. The van der Waals surface area contributed by atoms with Gasteiger partial charge in [-0.25, -0.2) is 0 Å². The molecule has 2 saturated heterocycles. The molecule has 0 aromatic carbocycles. The zero-order valence-corrected chi connectivity index (χ0v) is 11.8. The number of carbonyl (C=O) groups excluding carboxylic acids is 1. The lowest BCUT2D eigenvalue weighted by Crippen LogP contribution is -2.57. The summed E-state index contributed by atoms with van der Waals surface area (Å²) in [5.74, 6) is 0.0531. The fourth-order valence-electron chi connectivity index (χ4n) is 3.06. The molecule has 104 valence electrons. The maximum atomic E-state index is 12.3. The molecule has 5 nitrogen and oxygen atoms in total. The van der Waals surface area contributed by atoms with Gasteiger partial charge in [0, 0.05) is 20.3 Å². The maximum absolute atomic E-state index is 12.3. The third-order valence-corrected chi connectivity index (χ3v) is 4.89. The van der Waals surface area contributed by atoms with Crippen molar-refractivity contribution in [3.05, 3.63) is 16.6 Å². The summed E-state index contributed by atoms with van der Waals surface area (Å²) >= 11 is 1.38. The van der Waals surface area contributed by atoms with E-state index in [1.54, 1.807) is 18.8 Å². The van der Waals surface area contributed by atoms with E-state index in [-0.39, 0.29) is 17.6 Å². The van der Waals surface area contributed by atoms with Crippen molar-refractivity contribution < 1.29 is 14.3 Å². The minimum Gasteiger partial charge on any atom is -0.377 e. The Kier molecular flexibility index (Phi) is 3.56. The average Bonchev–Trinajstić information content (AvgIpc) is 3.10. The zero-order chi connectivity index (χ0) is 13.3. The molecule has 3 heterocycles. The highest BCUT2D eigenvalue weighted by molar-refractivity contribution is 7.11. The Morgan fingerprint density at radius 1 is 1.63 bits per heavy atom. The van der Waals surface area contributed by atoms with Crippen LogP contribution in [0.2, 0.25) is 0 Å². The molecule has 1 spiro atoms. The fourth-order valence-corrected chi connectivity index (χ4v) is 3.65. The number of hydrogen-bond acceptors (Lipinski definition) is 5. The van der Waals surface area contributed by atoms with Gasteiger partial charge < -0.3 is 14.4 Å². The van der Waals surface area contributed by atoms with Crippen LogP contribution in [0.3, 0.4) is 0 Å². The lowest BCUT2D eigenvalue weighted by atomic mass is 9.86. The molecule has 0 bridgehead atoms. The predicted octanol–water partition coefficient (Wildman–Crippen LogP) is 1.55. The molecule has 2 atom stereocenters. The van der Waals surface area contributed by atoms with Gasteiger partial charge in [-0.3, -0.25) is 9.78 Å². The van der Waals surface area contributed by atoms with Crippen molar-refractivity contribution in [2.24, 2.45) is 0 Å². The highest BCUT2D eigenvalue weighted by atomic mass is 32.1. The van der Waals surface area contributed by atoms with E-state index in [4.69, 9.17) is 9.47 Å². The van der Waals surface area contributed by atoms with Crippen LogP contribution in [0, 0.1) is 0 Å². The van der Waals surface area contributed by atoms with Crippen molar-refractivity contribution in [3.8, 4) is 0 Å². The summed E-state index contributed by atoms with van der Waals surface area (Å²) in [6, 6.07) is 0. The smallest absolute Gasteiger partial charge is 0.265 e. The number of ether oxygens (including phenoxy) is 2. The summed E-state index contributed by atoms with van der Waals surface area (Å²) in [5.41, 5.74) is 1.52. The molecule has 0 saturated carbocycles. The molecule has 2 fully saturated rings. The second-order valence-corrected chi connectivity index (χ2v) is 5.99. The van der Waals surface area contributed by atoms with Crippen molar-refractivity contribution >= 4 is 17.2 Å². The zero-order valence-electron chi connectivity index (χ0n) is 11.0. The van der Waals surface area contributed by atoms with Crippen LogP contribution >= 0.6 is 11.3 Å². The van der Waals surface area contributed by atoms with Crippen molar-refractivity contribution in [1.29, 1.82) is 0 Å². The van der Waals surface area contributed by atoms with Crippen molar-refractivity contribution in [3.63, 3.8) is 0 Å². The Bertz CT molecular complexity index is 443. The Labute approximate surface area is 116 Å². The third kappa shape index (κ3) is 2.28. The van der Waals surface area contributed by atoms with E-state index in [1.165, 1.54) is 11.3 Å². The van der Waals surface area contributed by atoms with Gasteiger partial charge in [0.2, 0.25) is 0 Å². The van der Waals surface area contributed by atoms with Gasteiger partial charge in [0.25, 0.3) is 5.91 Å². The van der Waals surface area contributed by atoms with Crippen LogP contribution < -0.4 is 0 Å². The van der Waals surface area contributed by atoms with Crippen LogP contribution in [-0.4, -0.2) is 54.3 Å². The van der Waals surface area contributed by atoms with Crippen LogP contribution in [0.1, 0.15) is 28.9 Å². The second kappa shape index (κ2) is 5.19. The Morgan fingerprint density at radius 2 is 2.53 bits per heavy atom. The number of rotatable bonds is 2. The fraction of sp³-hybridized carbons (Fsp3) is 0.692.